The van der Waals surface area contributed by atoms with Crippen LogP contribution in [-0.2, 0) is 17.6 Å². The van der Waals surface area contributed by atoms with Gasteiger partial charge in [0.25, 0.3) is 5.91 Å². The minimum atomic E-state index is -0.384. The first kappa shape index (κ1) is 11.3. The zero-order chi connectivity index (χ0) is 12.1. The Hall–Kier alpha value is -2.15. The summed E-state index contributed by atoms with van der Waals surface area (Å²) in [4.78, 5) is 11.0. The molecule has 0 aromatic heterocycles. The maximum atomic E-state index is 11.0. The lowest BCUT2D eigenvalue weighted by Gasteiger charge is -2.00. The average Bonchev–Trinajstić information content (AvgIpc) is 2.76. The molecule has 0 fully saturated rings. The minimum absolute atomic E-state index is 0.165. The molecule has 1 N–H and O–H groups in total. The van der Waals surface area contributed by atoms with Gasteiger partial charge in [0.05, 0.1) is 12.3 Å². The largest absolute Gasteiger partial charge is 0.272 e. The van der Waals surface area contributed by atoms with Gasteiger partial charge >= 0.3 is 0 Å². The summed E-state index contributed by atoms with van der Waals surface area (Å²) in [5, 5.41) is 12.1. The van der Waals surface area contributed by atoms with Crippen LogP contribution < -0.4 is 5.43 Å². The number of amides is 1. The highest BCUT2D eigenvalue weighted by molar-refractivity contribution is 5.83. The Kier molecular flexibility index (Phi) is 3.51. The molecule has 4 nitrogen and oxygen atoms in total. The van der Waals surface area contributed by atoms with Gasteiger partial charge in [-0.1, -0.05) is 12.1 Å². The van der Waals surface area contributed by atoms with Crippen molar-refractivity contribution in [2.45, 2.75) is 25.7 Å². The molecule has 0 radical (unpaired) electrons. The predicted octanol–water partition coefficient (Wildman–Crippen LogP) is 1.54. The van der Waals surface area contributed by atoms with E-state index in [-0.39, 0.29) is 12.3 Å². The van der Waals surface area contributed by atoms with Crippen LogP contribution in [0.1, 0.15) is 29.5 Å². The van der Waals surface area contributed by atoms with Crippen LogP contribution >= 0.6 is 0 Å². The van der Waals surface area contributed by atoms with Crippen LogP contribution in [0.2, 0.25) is 0 Å². The van der Waals surface area contributed by atoms with E-state index in [0.29, 0.717) is 0 Å². The second-order valence-electron chi connectivity index (χ2n) is 4.01. The van der Waals surface area contributed by atoms with E-state index in [1.54, 1.807) is 12.3 Å². The summed E-state index contributed by atoms with van der Waals surface area (Å²) in [5.74, 6) is -0.384. The average molecular weight is 227 g/mol. The molecular formula is C13H13N3O. The molecular weight excluding hydrogens is 214 g/mol. The number of hydrogen-bond acceptors (Lipinski definition) is 3. The van der Waals surface area contributed by atoms with Crippen LogP contribution in [-0.4, -0.2) is 12.1 Å². The van der Waals surface area contributed by atoms with Gasteiger partial charge in [0.15, 0.2) is 0 Å². The fourth-order valence-electron chi connectivity index (χ4n) is 1.96. The molecule has 1 aliphatic rings. The van der Waals surface area contributed by atoms with Gasteiger partial charge in [-0.05, 0) is 42.0 Å². The van der Waals surface area contributed by atoms with Gasteiger partial charge in [0.2, 0.25) is 0 Å². The number of benzene rings is 1. The predicted molar refractivity (Wildman–Crippen MR) is 64.4 cm³/mol. The molecule has 1 aromatic rings. The molecule has 0 bridgehead atoms. The van der Waals surface area contributed by atoms with Gasteiger partial charge in [-0.3, -0.25) is 4.79 Å². The van der Waals surface area contributed by atoms with Crippen molar-refractivity contribution in [3.8, 4) is 6.07 Å². The molecule has 1 aliphatic carbocycles. The van der Waals surface area contributed by atoms with Crippen LogP contribution in [0.5, 0.6) is 0 Å². The third kappa shape index (κ3) is 2.91. The summed E-state index contributed by atoms with van der Waals surface area (Å²) >= 11 is 0. The zero-order valence-corrected chi connectivity index (χ0v) is 9.44. The second kappa shape index (κ2) is 5.26. The highest BCUT2D eigenvalue weighted by atomic mass is 16.2. The Morgan fingerprint density at radius 1 is 1.47 bits per heavy atom. The van der Waals surface area contributed by atoms with E-state index in [1.807, 2.05) is 6.07 Å². The summed E-state index contributed by atoms with van der Waals surface area (Å²) in [7, 11) is 0. The number of aryl methyl sites for hydroxylation is 2. The number of hydrogen-bond donors (Lipinski definition) is 1. The van der Waals surface area contributed by atoms with Gasteiger partial charge in [0, 0.05) is 0 Å². The number of nitriles is 1. The summed E-state index contributed by atoms with van der Waals surface area (Å²) in [6, 6.07) is 7.97. The summed E-state index contributed by atoms with van der Waals surface area (Å²) in [6.07, 6.45) is 4.94. The number of rotatable bonds is 3. The molecule has 0 unspecified atom stereocenters. The van der Waals surface area contributed by atoms with Crippen LogP contribution in [0.15, 0.2) is 23.3 Å². The van der Waals surface area contributed by atoms with Crippen molar-refractivity contribution in [2.75, 3.05) is 0 Å². The standard InChI is InChI=1S/C13H13N3O/c14-7-6-13(17)16-15-9-10-4-5-11-2-1-3-12(11)8-10/h4-5,8-9H,1-3,6H2,(H,16,17). The Labute approximate surface area is 99.9 Å². The molecule has 2 rings (SSSR count). The van der Waals surface area contributed by atoms with Crippen molar-refractivity contribution in [2.24, 2.45) is 5.10 Å². The number of nitrogens with zero attached hydrogens (tertiary/aromatic N) is 2. The van der Waals surface area contributed by atoms with E-state index < -0.39 is 0 Å². The topological polar surface area (TPSA) is 65.2 Å². The van der Waals surface area contributed by atoms with Crippen LogP contribution in [0.25, 0.3) is 0 Å². The van der Waals surface area contributed by atoms with Gasteiger partial charge in [-0.2, -0.15) is 10.4 Å². The molecule has 1 aromatic carbocycles. The molecule has 86 valence electrons. The molecule has 0 heterocycles. The van der Waals surface area contributed by atoms with E-state index in [9.17, 15) is 4.79 Å². The van der Waals surface area contributed by atoms with Crippen molar-refractivity contribution in [3.05, 3.63) is 34.9 Å². The monoisotopic (exact) mass is 227 g/mol. The number of nitrogens with one attached hydrogen (secondary N) is 1. The minimum Gasteiger partial charge on any atom is -0.272 e. The second-order valence-corrected chi connectivity index (χ2v) is 4.01. The lowest BCUT2D eigenvalue weighted by Crippen LogP contribution is -2.16. The van der Waals surface area contributed by atoms with Gasteiger partial charge < -0.3 is 0 Å². The fourth-order valence-corrected chi connectivity index (χ4v) is 1.96. The van der Waals surface area contributed by atoms with E-state index in [4.69, 9.17) is 5.26 Å². The fraction of sp³-hybridized carbons (Fsp3) is 0.308. The van der Waals surface area contributed by atoms with Crippen LogP contribution in [0, 0.1) is 11.3 Å². The Morgan fingerprint density at radius 2 is 2.29 bits per heavy atom. The van der Waals surface area contributed by atoms with Gasteiger partial charge in [0.1, 0.15) is 6.42 Å². The van der Waals surface area contributed by atoms with Crippen LogP contribution in [0.3, 0.4) is 0 Å². The third-order valence-corrected chi connectivity index (χ3v) is 2.77. The zero-order valence-electron chi connectivity index (χ0n) is 9.44. The van der Waals surface area contributed by atoms with Gasteiger partial charge in [-0.15, -0.1) is 0 Å². The van der Waals surface area contributed by atoms with E-state index in [1.165, 1.54) is 17.5 Å². The smallest absolute Gasteiger partial charge is 0.254 e. The van der Waals surface area contributed by atoms with E-state index in [2.05, 4.69) is 22.7 Å². The molecule has 0 spiro atoms. The van der Waals surface area contributed by atoms with Crippen molar-refractivity contribution in [1.82, 2.24) is 5.43 Å². The number of carbonyl (C=O) groups is 1. The highest BCUT2D eigenvalue weighted by Gasteiger charge is 2.09. The van der Waals surface area contributed by atoms with Crippen molar-refractivity contribution < 1.29 is 4.79 Å². The van der Waals surface area contributed by atoms with E-state index in [0.717, 1.165) is 18.4 Å². The highest BCUT2D eigenvalue weighted by Crippen LogP contribution is 2.22. The molecule has 0 atom stereocenters. The Bertz CT molecular complexity index is 500. The van der Waals surface area contributed by atoms with Crippen molar-refractivity contribution >= 4 is 12.1 Å². The Balaban J connectivity index is 1.97. The molecule has 17 heavy (non-hydrogen) atoms. The lowest BCUT2D eigenvalue weighted by atomic mass is 10.1. The number of hydrazone groups is 1. The first-order valence-electron chi connectivity index (χ1n) is 5.60. The molecule has 0 saturated heterocycles. The molecule has 0 saturated carbocycles. The van der Waals surface area contributed by atoms with Crippen LogP contribution in [0.4, 0.5) is 0 Å². The lowest BCUT2D eigenvalue weighted by molar-refractivity contribution is -0.120. The van der Waals surface area contributed by atoms with Gasteiger partial charge in [-0.25, -0.2) is 5.43 Å². The molecule has 0 aliphatic heterocycles. The first-order chi connectivity index (χ1) is 8.29. The normalized spacial score (nSPS) is 13.4. The molecule has 4 heteroatoms. The Morgan fingerprint density at radius 3 is 3.12 bits per heavy atom. The maximum absolute atomic E-state index is 11.0. The molecule has 1 amide bonds. The summed E-state index contributed by atoms with van der Waals surface area (Å²) in [5.41, 5.74) is 6.07. The summed E-state index contributed by atoms with van der Waals surface area (Å²) < 4.78 is 0. The quantitative estimate of drug-likeness (QED) is 0.628. The number of carbonyl (C=O) groups excluding carboxylic acids is 1. The number of fused-ring (bicyclic) bond motifs is 1. The first-order valence-corrected chi connectivity index (χ1v) is 5.60. The SMILES string of the molecule is N#CCC(=O)NN=Cc1ccc2c(c1)CCC2. The third-order valence-electron chi connectivity index (χ3n) is 2.77. The van der Waals surface area contributed by atoms with Crippen molar-refractivity contribution in [1.29, 1.82) is 5.26 Å². The maximum Gasteiger partial charge on any atom is 0.254 e. The van der Waals surface area contributed by atoms with E-state index >= 15 is 0 Å². The summed E-state index contributed by atoms with van der Waals surface area (Å²) in [6.45, 7) is 0. The van der Waals surface area contributed by atoms with Crippen molar-refractivity contribution in [3.63, 3.8) is 0 Å².